The van der Waals surface area contributed by atoms with E-state index in [0.29, 0.717) is 18.0 Å². The maximum Gasteiger partial charge on any atom is 0.133 e. The van der Waals surface area contributed by atoms with Crippen LogP contribution in [0.4, 0.5) is 5.82 Å². The second-order valence-electron chi connectivity index (χ2n) is 7.27. The first-order chi connectivity index (χ1) is 10.7. The molecule has 5 nitrogen and oxygen atoms in total. The molecule has 0 atom stereocenters. The molecule has 0 amide bonds. The minimum atomic E-state index is 0.640. The van der Waals surface area contributed by atoms with Gasteiger partial charge in [-0.25, -0.2) is 9.97 Å². The zero-order valence-corrected chi connectivity index (χ0v) is 13.8. The van der Waals surface area contributed by atoms with Crippen LogP contribution in [0, 0.1) is 0 Å². The predicted molar refractivity (Wildman–Crippen MR) is 88.3 cm³/mol. The normalized spacial score (nSPS) is 24.8. The van der Waals surface area contributed by atoms with Gasteiger partial charge in [0.1, 0.15) is 11.6 Å². The minimum absolute atomic E-state index is 0.640. The third kappa shape index (κ3) is 2.84. The van der Waals surface area contributed by atoms with Crippen LogP contribution in [0.3, 0.4) is 0 Å². The van der Waals surface area contributed by atoms with Crippen molar-refractivity contribution in [1.82, 2.24) is 19.8 Å². The molecule has 3 aliphatic rings. The third-order valence-electron chi connectivity index (χ3n) is 5.38. The summed E-state index contributed by atoms with van der Waals surface area (Å²) in [5.74, 6) is 2.83. The van der Waals surface area contributed by atoms with Crippen molar-refractivity contribution in [2.24, 2.45) is 0 Å². The Bertz CT molecular complexity index is 514. The van der Waals surface area contributed by atoms with E-state index < -0.39 is 0 Å². The Hall–Kier alpha value is -1.20. The van der Waals surface area contributed by atoms with Gasteiger partial charge in [0.25, 0.3) is 0 Å². The summed E-state index contributed by atoms with van der Waals surface area (Å²) in [7, 11) is 0. The summed E-state index contributed by atoms with van der Waals surface area (Å²) >= 11 is 0. The molecule has 0 spiro atoms. The van der Waals surface area contributed by atoms with Gasteiger partial charge in [0.2, 0.25) is 0 Å². The van der Waals surface area contributed by atoms with E-state index in [1.165, 1.54) is 39.0 Å². The zero-order chi connectivity index (χ0) is 15.1. The van der Waals surface area contributed by atoms with Gasteiger partial charge in [-0.2, -0.15) is 0 Å². The summed E-state index contributed by atoms with van der Waals surface area (Å²) in [6, 6.07) is 3.47. The molecule has 1 aliphatic carbocycles. The topological polar surface area (TPSA) is 35.5 Å². The fraction of sp³-hybridized carbons (Fsp3) is 0.765. The highest BCUT2D eigenvalue weighted by Crippen LogP contribution is 2.38. The molecule has 1 aromatic rings. The first-order valence-electron chi connectivity index (χ1n) is 8.76. The van der Waals surface area contributed by atoms with Crippen molar-refractivity contribution >= 4 is 5.82 Å². The average molecular weight is 301 g/mol. The lowest BCUT2D eigenvalue weighted by atomic mass is 10.1. The van der Waals surface area contributed by atoms with Crippen molar-refractivity contribution in [3.63, 3.8) is 0 Å². The van der Waals surface area contributed by atoms with Crippen molar-refractivity contribution in [3.8, 4) is 0 Å². The molecule has 0 radical (unpaired) electrons. The molecule has 1 aromatic heterocycles. The van der Waals surface area contributed by atoms with Gasteiger partial charge < -0.3 is 4.90 Å². The van der Waals surface area contributed by atoms with E-state index >= 15 is 0 Å². The lowest BCUT2D eigenvalue weighted by Crippen LogP contribution is -2.63. The van der Waals surface area contributed by atoms with E-state index in [2.05, 4.69) is 39.6 Å². The Labute approximate surface area is 133 Å². The van der Waals surface area contributed by atoms with Crippen LogP contribution in [0.2, 0.25) is 0 Å². The monoisotopic (exact) mass is 301 g/mol. The third-order valence-corrected chi connectivity index (χ3v) is 5.38. The molecule has 1 saturated carbocycles. The van der Waals surface area contributed by atoms with Crippen molar-refractivity contribution < 1.29 is 0 Å². The van der Waals surface area contributed by atoms with Gasteiger partial charge in [-0.15, -0.1) is 0 Å². The smallest absolute Gasteiger partial charge is 0.133 e. The summed E-state index contributed by atoms with van der Waals surface area (Å²) in [5, 5.41) is 0. The standard InChI is InChI=1S/C17H27N5/c1-13(2)20-7-9-21(10-8-20)15-11-22(12-15)16-5-6-18-17(19-16)14-3-4-14/h5-6,13-15H,3-4,7-12H2,1-2H3. The minimum Gasteiger partial charge on any atom is -0.353 e. The SMILES string of the molecule is CC(C)N1CCN(C2CN(c3ccnc(C4CC4)n3)C2)CC1. The molecule has 3 heterocycles. The van der Waals surface area contributed by atoms with E-state index in [1.54, 1.807) is 0 Å². The van der Waals surface area contributed by atoms with Gasteiger partial charge in [0.05, 0.1) is 0 Å². The van der Waals surface area contributed by atoms with Crippen LogP contribution in [0.5, 0.6) is 0 Å². The molecule has 0 aromatic carbocycles. The van der Waals surface area contributed by atoms with Crippen LogP contribution in [-0.2, 0) is 0 Å². The summed E-state index contributed by atoms with van der Waals surface area (Å²) in [5.41, 5.74) is 0. The molecule has 2 saturated heterocycles. The lowest BCUT2D eigenvalue weighted by molar-refractivity contribution is 0.0676. The van der Waals surface area contributed by atoms with Crippen LogP contribution in [0.25, 0.3) is 0 Å². The Morgan fingerprint density at radius 2 is 1.82 bits per heavy atom. The lowest BCUT2D eigenvalue weighted by Gasteiger charge is -2.49. The molecule has 5 heteroatoms. The maximum absolute atomic E-state index is 4.76. The van der Waals surface area contributed by atoms with Gasteiger partial charge in [0, 0.05) is 63.5 Å². The average Bonchev–Trinajstić information content (AvgIpc) is 3.31. The van der Waals surface area contributed by atoms with Crippen LogP contribution in [0.15, 0.2) is 12.3 Å². The summed E-state index contributed by atoms with van der Waals surface area (Å²) in [4.78, 5) is 16.8. The molecular weight excluding hydrogens is 274 g/mol. The molecule has 4 rings (SSSR count). The predicted octanol–water partition coefficient (Wildman–Crippen LogP) is 1.57. The molecule has 0 unspecified atom stereocenters. The molecule has 0 N–H and O–H groups in total. The highest BCUT2D eigenvalue weighted by molar-refractivity contribution is 5.42. The number of hydrogen-bond acceptors (Lipinski definition) is 5. The maximum atomic E-state index is 4.76. The van der Waals surface area contributed by atoms with Crippen molar-refractivity contribution in [2.75, 3.05) is 44.2 Å². The molecule has 0 bridgehead atoms. The molecule has 120 valence electrons. The quantitative estimate of drug-likeness (QED) is 0.843. The van der Waals surface area contributed by atoms with Gasteiger partial charge >= 0.3 is 0 Å². The molecule has 22 heavy (non-hydrogen) atoms. The fourth-order valence-corrected chi connectivity index (χ4v) is 3.57. The van der Waals surface area contributed by atoms with Gasteiger partial charge in [-0.1, -0.05) is 0 Å². The van der Waals surface area contributed by atoms with Crippen LogP contribution in [-0.4, -0.2) is 71.1 Å². The number of hydrogen-bond donors (Lipinski definition) is 0. The zero-order valence-electron chi connectivity index (χ0n) is 13.8. The number of piperazine rings is 1. The van der Waals surface area contributed by atoms with E-state index in [9.17, 15) is 0 Å². The van der Waals surface area contributed by atoms with Crippen molar-refractivity contribution in [3.05, 3.63) is 18.1 Å². The van der Waals surface area contributed by atoms with E-state index in [4.69, 9.17) is 4.98 Å². The largest absolute Gasteiger partial charge is 0.353 e. The molecule has 2 aliphatic heterocycles. The Balaban J connectivity index is 1.30. The number of aromatic nitrogens is 2. The second-order valence-corrected chi connectivity index (χ2v) is 7.27. The van der Waals surface area contributed by atoms with Crippen LogP contribution >= 0.6 is 0 Å². The number of rotatable bonds is 4. The molecular formula is C17H27N5. The second kappa shape index (κ2) is 5.78. The summed E-state index contributed by atoms with van der Waals surface area (Å²) in [6.07, 6.45) is 4.48. The van der Waals surface area contributed by atoms with E-state index in [1.807, 2.05) is 6.20 Å². The van der Waals surface area contributed by atoms with E-state index in [-0.39, 0.29) is 0 Å². The highest BCUT2D eigenvalue weighted by Gasteiger charge is 2.35. The fourth-order valence-electron chi connectivity index (χ4n) is 3.57. The van der Waals surface area contributed by atoms with Crippen molar-refractivity contribution in [2.45, 2.75) is 44.7 Å². The number of anilines is 1. The Morgan fingerprint density at radius 3 is 2.45 bits per heavy atom. The van der Waals surface area contributed by atoms with Gasteiger partial charge in [-0.3, -0.25) is 9.80 Å². The Morgan fingerprint density at radius 1 is 1.09 bits per heavy atom. The first kappa shape index (κ1) is 14.4. The van der Waals surface area contributed by atoms with Crippen molar-refractivity contribution in [1.29, 1.82) is 0 Å². The van der Waals surface area contributed by atoms with Crippen LogP contribution < -0.4 is 4.90 Å². The number of nitrogens with zero attached hydrogens (tertiary/aromatic N) is 5. The summed E-state index contributed by atoms with van der Waals surface area (Å²) in [6.45, 7) is 11.7. The van der Waals surface area contributed by atoms with Gasteiger partial charge in [0.15, 0.2) is 0 Å². The van der Waals surface area contributed by atoms with E-state index in [0.717, 1.165) is 24.7 Å². The Kier molecular flexibility index (Phi) is 3.78. The van der Waals surface area contributed by atoms with Crippen LogP contribution in [0.1, 0.15) is 38.4 Å². The summed E-state index contributed by atoms with van der Waals surface area (Å²) < 4.78 is 0. The first-order valence-corrected chi connectivity index (χ1v) is 8.76. The van der Waals surface area contributed by atoms with Gasteiger partial charge in [-0.05, 0) is 32.8 Å². The highest BCUT2D eigenvalue weighted by atomic mass is 15.4. The molecule has 3 fully saturated rings.